The van der Waals surface area contributed by atoms with Gasteiger partial charge >= 0.3 is 0 Å². The minimum absolute atomic E-state index is 0.500. The van der Waals surface area contributed by atoms with Crippen molar-refractivity contribution < 1.29 is 9.13 Å². The van der Waals surface area contributed by atoms with E-state index in [-0.39, 0.29) is 0 Å². The molecule has 0 radical (unpaired) electrons. The lowest BCUT2D eigenvalue weighted by Crippen LogP contribution is -2.28. The number of likely N-dealkylation sites (N-methyl/N-ethyl adjacent to an activating group) is 1. The first kappa shape index (κ1) is 9.84. The number of benzene rings is 1. The first-order valence-electron chi connectivity index (χ1n) is 4.19. The predicted molar refractivity (Wildman–Crippen MR) is 52.2 cm³/mol. The number of fused-ring (bicyclic) bond motifs is 1. The van der Waals surface area contributed by atoms with Gasteiger partial charge in [-0.3, -0.25) is 4.39 Å². The predicted octanol–water partition coefficient (Wildman–Crippen LogP) is 2.10. The van der Waals surface area contributed by atoms with Crippen molar-refractivity contribution in [2.24, 2.45) is 0 Å². The summed E-state index contributed by atoms with van der Waals surface area (Å²) >= 11 is 0. The van der Waals surface area contributed by atoms with Crippen LogP contribution in [-0.4, -0.2) is 27.4 Å². The maximum absolute atomic E-state index is 9.50. The summed E-state index contributed by atoms with van der Waals surface area (Å²) in [5.74, 6) is 1.00. The molecule has 0 saturated heterocycles. The maximum atomic E-state index is 9.50. The monoisotopic (exact) mass is 183 g/mol. The Kier molecular flexibility index (Phi) is 3.55. The lowest BCUT2D eigenvalue weighted by Gasteiger charge is -2.27. The molecular formula is C10H14FNO. The quantitative estimate of drug-likeness (QED) is 0.610. The maximum Gasteiger partial charge on any atom is 0.142 e. The molecule has 3 heteroatoms. The normalized spacial score (nSPS) is 13.6. The minimum Gasteiger partial charge on any atom is -0.490 e. The third kappa shape index (κ3) is 2.11. The van der Waals surface area contributed by atoms with Crippen molar-refractivity contribution in [3.8, 4) is 5.75 Å². The van der Waals surface area contributed by atoms with E-state index in [0.29, 0.717) is 7.18 Å². The zero-order chi connectivity index (χ0) is 9.68. The van der Waals surface area contributed by atoms with Gasteiger partial charge in [-0.1, -0.05) is 12.1 Å². The van der Waals surface area contributed by atoms with E-state index in [1.54, 1.807) is 0 Å². The van der Waals surface area contributed by atoms with Crippen molar-refractivity contribution in [3.63, 3.8) is 0 Å². The standard InChI is InChI=1S/C9H11NO.CH3F/c1-10-6-7-11-9-5-3-2-4-8(9)10;1-2/h2-5H,6-7H2,1H3;1H3. The molecule has 72 valence electrons. The Hall–Kier alpha value is -1.25. The van der Waals surface area contributed by atoms with Crippen molar-refractivity contribution in [3.05, 3.63) is 24.3 Å². The van der Waals surface area contributed by atoms with E-state index in [0.717, 1.165) is 18.9 Å². The molecular weight excluding hydrogens is 169 g/mol. The van der Waals surface area contributed by atoms with Crippen molar-refractivity contribution in [2.75, 3.05) is 32.3 Å². The molecule has 0 aliphatic carbocycles. The van der Waals surface area contributed by atoms with Crippen LogP contribution in [0.5, 0.6) is 5.75 Å². The summed E-state index contributed by atoms with van der Waals surface area (Å²) in [5.41, 5.74) is 1.19. The molecule has 2 rings (SSSR count). The Bertz CT molecular complexity index is 265. The summed E-state index contributed by atoms with van der Waals surface area (Å²) in [6.07, 6.45) is 0. The highest BCUT2D eigenvalue weighted by atomic mass is 19.1. The fraction of sp³-hybridized carbons (Fsp3) is 0.400. The van der Waals surface area contributed by atoms with Crippen LogP contribution in [0.25, 0.3) is 0 Å². The van der Waals surface area contributed by atoms with Gasteiger partial charge in [0, 0.05) is 7.05 Å². The molecule has 0 saturated carbocycles. The summed E-state index contributed by atoms with van der Waals surface area (Å²) in [6.45, 7) is 1.78. The highest BCUT2D eigenvalue weighted by Gasteiger charge is 2.12. The van der Waals surface area contributed by atoms with E-state index in [4.69, 9.17) is 4.74 Å². The number of anilines is 1. The molecule has 1 heterocycles. The zero-order valence-electron chi connectivity index (χ0n) is 7.96. The van der Waals surface area contributed by atoms with Crippen LogP contribution in [0.15, 0.2) is 24.3 Å². The summed E-state index contributed by atoms with van der Waals surface area (Å²) in [6, 6.07) is 8.11. The van der Waals surface area contributed by atoms with Crippen LogP contribution < -0.4 is 9.64 Å². The number of hydrogen-bond acceptors (Lipinski definition) is 2. The highest BCUT2D eigenvalue weighted by molar-refractivity contribution is 5.58. The molecule has 1 aliphatic heterocycles. The van der Waals surface area contributed by atoms with Crippen molar-refractivity contribution >= 4 is 5.69 Å². The molecule has 0 bridgehead atoms. The fourth-order valence-corrected chi connectivity index (χ4v) is 1.31. The second-order valence-electron chi connectivity index (χ2n) is 2.74. The first-order chi connectivity index (χ1) is 6.38. The molecule has 0 spiro atoms. The van der Waals surface area contributed by atoms with Crippen LogP contribution in [0, 0.1) is 0 Å². The molecule has 1 aromatic rings. The number of ether oxygens (including phenoxy) is 1. The first-order valence-corrected chi connectivity index (χ1v) is 4.19. The van der Waals surface area contributed by atoms with E-state index in [2.05, 4.69) is 18.0 Å². The van der Waals surface area contributed by atoms with E-state index < -0.39 is 0 Å². The second-order valence-corrected chi connectivity index (χ2v) is 2.74. The van der Waals surface area contributed by atoms with E-state index in [9.17, 15) is 4.39 Å². The molecule has 0 unspecified atom stereocenters. The van der Waals surface area contributed by atoms with Crippen molar-refractivity contribution in [1.29, 1.82) is 0 Å². The number of rotatable bonds is 0. The van der Waals surface area contributed by atoms with Gasteiger partial charge in [-0.05, 0) is 12.1 Å². The Balaban J connectivity index is 0.000000396. The molecule has 0 atom stereocenters. The van der Waals surface area contributed by atoms with Gasteiger partial charge in [-0.15, -0.1) is 0 Å². The summed E-state index contributed by atoms with van der Waals surface area (Å²) < 4.78 is 15.0. The SMILES string of the molecule is CF.CN1CCOc2ccccc21. The molecule has 1 aliphatic rings. The Morgan fingerprint density at radius 2 is 2.00 bits per heavy atom. The fourth-order valence-electron chi connectivity index (χ4n) is 1.31. The van der Waals surface area contributed by atoms with E-state index >= 15 is 0 Å². The van der Waals surface area contributed by atoms with Crippen LogP contribution in [0.4, 0.5) is 10.1 Å². The van der Waals surface area contributed by atoms with Gasteiger partial charge in [-0.2, -0.15) is 0 Å². The molecule has 2 nitrogen and oxygen atoms in total. The molecule has 0 amide bonds. The minimum atomic E-state index is 0.500. The molecule has 0 fully saturated rings. The number of para-hydroxylation sites is 2. The smallest absolute Gasteiger partial charge is 0.142 e. The summed E-state index contributed by atoms with van der Waals surface area (Å²) in [5, 5.41) is 0. The molecule has 0 aromatic heterocycles. The van der Waals surface area contributed by atoms with Crippen LogP contribution in [0.3, 0.4) is 0 Å². The van der Waals surface area contributed by atoms with Crippen LogP contribution in [0.1, 0.15) is 0 Å². The van der Waals surface area contributed by atoms with Gasteiger partial charge in [0.05, 0.1) is 19.4 Å². The van der Waals surface area contributed by atoms with E-state index in [1.807, 2.05) is 18.2 Å². The summed E-state index contributed by atoms with van der Waals surface area (Å²) in [7, 11) is 2.58. The number of nitrogens with zero attached hydrogens (tertiary/aromatic N) is 1. The molecule has 1 aromatic carbocycles. The van der Waals surface area contributed by atoms with Crippen LogP contribution in [0.2, 0.25) is 0 Å². The van der Waals surface area contributed by atoms with Crippen LogP contribution >= 0.6 is 0 Å². The van der Waals surface area contributed by atoms with Crippen molar-refractivity contribution in [1.82, 2.24) is 0 Å². The third-order valence-corrected chi connectivity index (χ3v) is 1.96. The van der Waals surface area contributed by atoms with Gasteiger partial charge in [0.2, 0.25) is 0 Å². The second kappa shape index (κ2) is 4.70. The lowest BCUT2D eigenvalue weighted by molar-refractivity contribution is 0.311. The van der Waals surface area contributed by atoms with Gasteiger partial charge in [0.25, 0.3) is 0 Å². The average Bonchev–Trinajstić information content (AvgIpc) is 2.22. The van der Waals surface area contributed by atoms with Crippen molar-refractivity contribution in [2.45, 2.75) is 0 Å². The number of alkyl halides is 1. The van der Waals surface area contributed by atoms with Gasteiger partial charge < -0.3 is 9.64 Å². The largest absolute Gasteiger partial charge is 0.490 e. The Labute approximate surface area is 77.9 Å². The average molecular weight is 183 g/mol. The topological polar surface area (TPSA) is 12.5 Å². The number of hydrogen-bond donors (Lipinski definition) is 0. The highest BCUT2D eigenvalue weighted by Crippen LogP contribution is 2.29. The molecule has 13 heavy (non-hydrogen) atoms. The van der Waals surface area contributed by atoms with Gasteiger partial charge in [0.15, 0.2) is 0 Å². The zero-order valence-corrected chi connectivity index (χ0v) is 7.96. The third-order valence-electron chi connectivity index (χ3n) is 1.96. The van der Waals surface area contributed by atoms with Gasteiger partial charge in [-0.25, -0.2) is 0 Å². The Morgan fingerprint density at radius 3 is 2.69 bits per heavy atom. The summed E-state index contributed by atoms with van der Waals surface area (Å²) in [4.78, 5) is 2.21. The molecule has 0 N–H and O–H groups in total. The van der Waals surface area contributed by atoms with E-state index in [1.165, 1.54) is 5.69 Å². The lowest BCUT2D eigenvalue weighted by atomic mass is 10.2. The number of halogens is 1. The Morgan fingerprint density at radius 1 is 1.31 bits per heavy atom. The van der Waals surface area contributed by atoms with Gasteiger partial charge in [0.1, 0.15) is 12.4 Å². The van der Waals surface area contributed by atoms with Crippen LogP contribution in [-0.2, 0) is 0 Å².